The lowest BCUT2D eigenvalue weighted by atomic mass is 9.92. The number of para-hydroxylation sites is 1. The maximum Gasteiger partial charge on any atom is 0.268 e. The van der Waals surface area contributed by atoms with Gasteiger partial charge in [-0.05, 0) is 80.3 Å². The highest BCUT2D eigenvalue weighted by Gasteiger charge is 2.35. The summed E-state index contributed by atoms with van der Waals surface area (Å²) in [4.78, 5) is 15.2. The van der Waals surface area contributed by atoms with Gasteiger partial charge in [-0.25, -0.2) is 0 Å². The molecule has 2 aliphatic rings. The molecule has 1 aliphatic heterocycles. The van der Waals surface area contributed by atoms with Crippen LogP contribution in [0.3, 0.4) is 0 Å². The van der Waals surface area contributed by atoms with Crippen LogP contribution in [0, 0.1) is 0 Å². The summed E-state index contributed by atoms with van der Waals surface area (Å²) in [5.41, 5.74) is 5.11. The monoisotopic (exact) mass is 349 g/mol. The average Bonchev–Trinajstić information content (AvgIpc) is 3.01. The molecule has 4 rings (SSSR count). The molecular weight excluding hydrogens is 322 g/mol. The third-order valence-corrected chi connectivity index (χ3v) is 5.69. The average molecular weight is 349 g/mol. The zero-order valence-electron chi connectivity index (χ0n) is 15.7. The van der Waals surface area contributed by atoms with E-state index in [0.29, 0.717) is 6.42 Å². The molecule has 136 valence electrons. The number of hydrogen-bond donors (Lipinski definition) is 0. The van der Waals surface area contributed by atoms with Gasteiger partial charge in [0.05, 0.1) is 0 Å². The first-order valence-corrected chi connectivity index (χ1v) is 9.87. The molecule has 0 bridgehead atoms. The molecule has 2 aromatic carbocycles. The summed E-state index contributed by atoms with van der Waals surface area (Å²) in [6.07, 6.45) is 5.94. The van der Waals surface area contributed by atoms with Crippen molar-refractivity contribution in [1.29, 1.82) is 0 Å². The Morgan fingerprint density at radius 2 is 1.88 bits per heavy atom. The van der Waals surface area contributed by atoms with Gasteiger partial charge < -0.3 is 9.64 Å². The van der Waals surface area contributed by atoms with Crippen molar-refractivity contribution in [3.8, 4) is 5.75 Å². The molecule has 1 heterocycles. The Hall–Kier alpha value is -2.29. The van der Waals surface area contributed by atoms with E-state index < -0.39 is 6.10 Å². The molecular formula is C23H27NO2. The van der Waals surface area contributed by atoms with Gasteiger partial charge in [0.1, 0.15) is 5.75 Å². The molecule has 0 radical (unpaired) electrons. The normalized spacial score (nSPS) is 19.6. The van der Waals surface area contributed by atoms with Gasteiger partial charge in [0.25, 0.3) is 5.91 Å². The summed E-state index contributed by atoms with van der Waals surface area (Å²) in [7, 11) is 0. The molecule has 0 N–H and O–H groups in total. The van der Waals surface area contributed by atoms with Crippen LogP contribution < -0.4 is 9.64 Å². The van der Waals surface area contributed by atoms with Gasteiger partial charge in [0, 0.05) is 11.7 Å². The third-order valence-electron chi connectivity index (χ3n) is 5.69. The lowest BCUT2D eigenvalue weighted by Gasteiger charge is -2.28. The van der Waals surface area contributed by atoms with Gasteiger partial charge in [-0.3, -0.25) is 4.79 Å². The maximum atomic E-state index is 13.2. The lowest BCUT2D eigenvalue weighted by Crippen LogP contribution is -2.44. The Balaban J connectivity index is 1.55. The molecule has 1 aliphatic carbocycles. The van der Waals surface area contributed by atoms with Crippen molar-refractivity contribution in [2.45, 2.75) is 64.5 Å². The molecule has 3 heteroatoms. The first-order valence-electron chi connectivity index (χ1n) is 9.87. The van der Waals surface area contributed by atoms with E-state index in [1.807, 2.05) is 36.1 Å². The highest BCUT2D eigenvalue weighted by molar-refractivity contribution is 5.99. The molecule has 2 atom stereocenters. The molecule has 0 unspecified atom stereocenters. The van der Waals surface area contributed by atoms with Crippen LogP contribution in [0.1, 0.15) is 49.8 Å². The first kappa shape index (κ1) is 17.1. The van der Waals surface area contributed by atoms with E-state index in [2.05, 4.69) is 25.1 Å². The molecule has 2 aromatic rings. The Kier molecular flexibility index (Phi) is 4.71. The second-order valence-corrected chi connectivity index (χ2v) is 7.54. The SMILES string of the molecule is CC[C@H](Oc1ccc2c(c1)CCCC2)C(=O)N1c2ccccc2C[C@@H]1C. The number of benzene rings is 2. The number of anilines is 1. The first-order chi connectivity index (χ1) is 12.7. The fraction of sp³-hybridized carbons (Fsp3) is 0.435. The fourth-order valence-electron chi connectivity index (χ4n) is 4.31. The minimum atomic E-state index is -0.440. The van der Waals surface area contributed by atoms with Gasteiger partial charge in [0.2, 0.25) is 0 Å². The third kappa shape index (κ3) is 3.11. The second-order valence-electron chi connectivity index (χ2n) is 7.54. The smallest absolute Gasteiger partial charge is 0.268 e. The van der Waals surface area contributed by atoms with Gasteiger partial charge in [0.15, 0.2) is 6.10 Å². The Labute approximate surface area is 156 Å². The summed E-state index contributed by atoms with van der Waals surface area (Å²) in [6, 6.07) is 14.7. The topological polar surface area (TPSA) is 29.5 Å². The van der Waals surface area contributed by atoms with Crippen molar-refractivity contribution >= 4 is 11.6 Å². The van der Waals surface area contributed by atoms with Gasteiger partial charge in [-0.15, -0.1) is 0 Å². The molecule has 0 fully saturated rings. The number of hydrogen-bond acceptors (Lipinski definition) is 2. The van der Waals surface area contributed by atoms with Crippen LogP contribution >= 0.6 is 0 Å². The molecule has 26 heavy (non-hydrogen) atoms. The van der Waals surface area contributed by atoms with Gasteiger partial charge in [-0.1, -0.05) is 31.2 Å². The standard InChI is InChI=1S/C23H27NO2/c1-3-22(26-20-13-12-17-8-4-5-9-18(17)15-20)23(25)24-16(2)14-19-10-6-7-11-21(19)24/h6-7,10-13,15-16,22H,3-5,8-9,14H2,1-2H3/t16-,22-/m0/s1. The van der Waals surface area contributed by atoms with Crippen LogP contribution in [0.15, 0.2) is 42.5 Å². The number of fused-ring (bicyclic) bond motifs is 2. The predicted molar refractivity (Wildman–Crippen MR) is 105 cm³/mol. The van der Waals surface area contributed by atoms with Crippen LogP contribution in [0.25, 0.3) is 0 Å². The van der Waals surface area contributed by atoms with E-state index >= 15 is 0 Å². The number of carbonyl (C=O) groups excluding carboxylic acids is 1. The number of ether oxygens (including phenoxy) is 1. The summed E-state index contributed by atoms with van der Waals surface area (Å²) < 4.78 is 6.18. The van der Waals surface area contributed by atoms with Gasteiger partial charge in [-0.2, -0.15) is 0 Å². The summed E-state index contributed by atoms with van der Waals surface area (Å²) in [5.74, 6) is 0.897. The largest absolute Gasteiger partial charge is 0.481 e. The van der Waals surface area contributed by atoms with E-state index in [-0.39, 0.29) is 11.9 Å². The van der Waals surface area contributed by atoms with Gasteiger partial charge >= 0.3 is 0 Å². The Morgan fingerprint density at radius 1 is 1.12 bits per heavy atom. The fourth-order valence-corrected chi connectivity index (χ4v) is 4.31. The number of nitrogens with zero attached hydrogens (tertiary/aromatic N) is 1. The van der Waals surface area contributed by atoms with Crippen molar-refractivity contribution in [1.82, 2.24) is 0 Å². The predicted octanol–water partition coefficient (Wildman–Crippen LogP) is 4.70. The van der Waals surface area contributed by atoms with Crippen molar-refractivity contribution in [2.24, 2.45) is 0 Å². The quantitative estimate of drug-likeness (QED) is 0.801. The molecule has 3 nitrogen and oxygen atoms in total. The highest BCUT2D eigenvalue weighted by Crippen LogP contribution is 2.33. The van der Waals surface area contributed by atoms with Crippen molar-refractivity contribution in [2.75, 3.05) is 4.90 Å². The molecule has 0 spiro atoms. The molecule has 0 saturated heterocycles. The van der Waals surface area contributed by atoms with E-state index in [0.717, 1.165) is 30.7 Å². The maximum absolute atomic E-state index is 13.2. The minimum absolute atomic E-state index is 0.0719. The number of aryl methyl sites for hydroxylation is 2. The van der Waals surface area contributed by atoms with E-state index in [9.17, 15) is 4.79 Å². The number of carbonyl (C=O) groups is 1. The van der Waals surface area contributed by atoms with Crippen LogP contribution in [-0.2, 0) is 24.1 Å². The van der Waals surface area contributed by atoms with Crippen molar-refractivity contribution < 1.29 is 9.53 Å². The van der Waals surface area contributed by atoms with Crippen molar-refractivity contribution in [3.63, 3.8) is 0 Å². The van der Waals surface area contributed by atoms with Crippen LogP contribution in [-0.4, -0.2) is 18.1 Å². The minimum Gasteiger partial charge on any atom is -0.481 e. The van der Waals surface area contributed by atoms with Crippen LogP contribution in [0.4, 0.5) is 5.69 Å². The van der Waals surface area contributed by atoms with E-state index in [1.165, 1.54) is 29.5 Å². The molecule has 0 saturated carbocycles. The molecule has 0 aromatic heterocycles. The highest BCUT2D eigenvalue weighted by atomic mass is 16.5. The van der Waals surface area contributed by atoms with Crippen molar-refractivity contribution in [3.05, 3.63) is 59.2 Å². The summed E-state index contributed by atoms with van der Waals surface area (Å²) >= 11 is 0. The van der Waals surface area contributed by atoms with E-state index in [1.54, 1.807) is 0 Å². The van der Waals surface area contributed by atoms with Crippen LogP contribution in [0.2, 0.25) is 0 Å². The summed E-state index contributed by atoms with van der Waals surface area (Å²) in [5, 5.41) is 0. The zero-order chi connectivity index (χ0) is 18.1. The van der Waals surface area contributed by atoms with E-state index in [4.69, 9.17) is 4.74 Å². The molecule has 1 amide bonds. The summed E-state index contributed by atoms with van der Waals surface area (Å²) in [6.45, 7) is 4.14. The Morgan fingerprint density at radius 3 is 2.69 bits per heavy atom. The number of rotatable bonds is 4. The second kappa shape index (κ2) is 7.14. The van der Waals surface area contributed by atoms with Crippen LogP contribution in [0.5, 0.6) is 5.75 Å². The number of amides is 1. The lowest BCUT2D eigenvalue weighted by molar-refractivity contribution is -0.125. The zero-order valence-corrected chi connectivity index (χ0v) is 15.7. The Bertz CT molecular complexity index is 814.